The Labute approximate surface area is 119 Å². The van der Waals surface area contributed by atoms with Crippen LogP contribution in [0.25, 0.3) is 0 Å². The van der Waals surface area contributed by atoms with Crippen LogP contribution in [0.15, 0.2) is 30.3 Å². The second-order valence-corrected chi connectivity index (χ2v) is 4.97. The van der Waals surface area contributed by atoms with Gasteiger partial charge in [-0.05, 0) is 25.3 Å². The van der Waals surface area contributed by atoms with E-state index < -0.39 is 6.10 Å². The first-order valence-electron chi connectivity index (χ1n) is 7.05. The summed E-state index contributed by atoms with van der Waals surface area (Å²) in [6.45, 7) is 2.62. The molecule has 20 heavy (non-hydrogen) atoms. The Bertz CT molecular complexity index is 455. The molecule has 2 atom stereocenters. The Balaban J connectivity index is 1.84. The lowest BCUT2D eigenvalue weighted by molar-refractivity contribution is -0.154. The van der Waals surface area contributed by atoms with Gasteiger partial charge in [0.15, 0.2) is 5.78 Å². The van der Waals surface area contributed by atoms with Crippen LogP contribution in [-0.2, 0) is 25.7 Å². The second-order valence-electron chi connectivity index (χ2n) is 4.97. The van der Waals surface area contributed by atoms with Crippen LogP contribution in [0.4, 0.5) is 0 Å². The lowest BCUT2D eigenvalue weighted by Gasteiger charge is -2.26. The number of hydrogen-bond acceptors (Lipinski definition) is 4. The average Bonchev–Trinajstić information content (AvgIpc) is 2.48. The van der Waals surface area contributed by atoms with Gasteiger partial charge < -0.3 is 9.47 Å². The van der Waals surface area contributed by atoms with Crippen LogP contribution in [0.1, 0.15) is 31.7 Å². The minimum absolute atomic E-state index is 0.0963. The fourth-order valence-electron chi connectivity index (χ4n) is 2.41. The molecule has 0 radical (unpaired) electrons. The molecule has 0 aromatic heterocycles. The van der Waals surface area contributed by atoms with E-state index in [9.17, 15) is 9.59 Å². The van der Waals surface area contributed by atoms with Gasteiger partial charge in [-0.2, -0.15) is 0 Å². The molecule has 0 heterocycles. The Kier molecular flexibility index (Phi) is 5.30. The van der Waals surface area contributed by atoms with Crippen LogP contribution in [-0.4, -0.2) is 24.5 Å². The number of esters is 1. The summed E-state index contributed by atoms with van der Waals surface area (Å²) in [4.78, 5) is 23.7. The maximum Gasteiger partial charge on any atom is 0.309 e. The highest BCUT2D eigenvalue weighted by molar-refractivity contribution is 5.86. The smallest absolute Gasteiger partial charge is 0.309 e. The predicted molar refractivity (Wildman–Crippen MR) is 74.0 cm³/mol. The molecule has 0 bridgehead atoms. The van der Waals surface area contributed by atoms with Gasteiger partial charge in [-0.25, -0.2) is 0 Å². The van der Waals surface area contributed by atoms with Gasteiger partial charge in [0.25, 0.3) is 0 Å². The van der Waals surface area contributed by atoms with Crippen molar-refractivity contribution in [2.24, 2.45) is 5.92 Å². The fourth-order valence-corrected chi connectivity index (χ4v) is 2.41. The molecule has 4 nitrogen and oxygen atoms in total. The van der Waals surface area contributed by atoms with Crippen LogP contribution in [0, 0.1) is 5.92 Å². The van der Waals surface area contributed by atoms with Gasteiger partial charge in [-0.1, -0.05) is 30.3 Å². The molecule has 0 amide bonds. The molecule has 108 valence electrons. The van der Waals surface area contributed by atoms with E-state index >= 15 is 0 Å². The van der Waals surface area contributed by atoms with E-state index in [0.29, 0.717) is 25.9 Å². The van der Waals surface area contributed by atoms with E-state index in [4.69, 9.17) is 9.47 Å². The van der Waals surface area contributed by atoms with Crippen LogP contribution < -0.4 is 0 Å². The summed E-state index contributed by atoms with van der Waals surface area (Å²) < 4.78 is 10.7. The molecule has 4 heteroatoms. The normalized spacial score (nSPS) is 22.6. The molecule has 2 unspecified atom stereocenters. The van der Waals surface area contributed by atoms with Crippen molar-refractivity contribution in [3.63, 3.8) is 0 Å². The van der Waals surface area contributed by atoms with Gasteiger partial charge in [0, 0.05) is 13.0 Å². The van der Waals surface area contributed by atoms with Gasteiger partial charge in [-0.15, -0.1) is 0 Å². The van der Waals surface area contributed by atoms with E-state index in [1.807, 2.05) is 37.3 Å². The largest absolute Gasteiger partial charge is 0.461 e. The molecule has 1 aliphatic carbocycles. The van der Waals surface area contributed by atoms with Crippen molar-refractivity contribution < 1.29 is 19.1 Å². The van der Waals surface area contributed by atoms with Gasteiger partial charge in [-0.3, -0.25) is 9.59 Å². The molecule has 0 saturated heterocycles. The molecule has 2 rings (SSSR count). The molecule has 1 aromatic rings. The minimum atomic E-state index is -0.442. The van der Waals surface area contributed by atoms with Crippen molar-refractivity contribution in [1.82, 2.24) is 0 Å². The van der Waals surface area contributed by atoms with Crippen LogP contribution >= 0.6 is 0 Å². The fraction of sp³-hybridized carbons (Fsp3) is 0.500. The average molecular weight is 276 g/mol. The SMILES string of the molecule is CCOC1CC(C(=O)OCc2ccccc2)CCC1=O. The highest BCUT2D eigenvalue weighted by Gasteiger charge is 2.33. The van der Waals surface area contributed by atoms with E-state index in [2.05, 4.69) is 0 Å². The molecular formula is C16H20O4. The first-order valence-corrected chi connectivity index (χ1v) is 7.05. The number of carbonyl (C=O) groups is 2. The van der Waals surface area contributed by atoms with Gasteiger partial charge >= 0.3 is 5.97 Å². The molecular weight excluding hydrogens is 256 g/mol. The summed E-state index contributed by atoms with van der Waals surface area (Å²) in [5, 5.41) is 0. The lowest BCUT2D eigenvalue weighted by atomic mass is 9.86. The Morgan fingerprint density at radius 2 is 2.05 bits per heavy atom. The maximum absolute atomic E-state index is 12.0. The van der Waals surface area contributed by atoms with Crippen molar-refractivity contribution in [1.29, 1.82) is 0 Å². The van der Waals surface area contributed by atoms with E-state index in [1.165, 1.54) is 0 Å². The predicted octanol–water partition coefficient (Wildman–Crippen LogP) is 2.50. The third-order valence-corrected chi connectivity index (χ3v) is 3.52. The van der Waals surface area contributed by atoms with Gasteiger partial charge in [0.2, 0.25) is 0 Å². The monoisotopic (exact) mass is 276 g/mol. The van der Waals surface area contributed by atoms with E-state index in [0.717, 1.165) is 5.56 Å². The van der Waals surface area contributed by atoms with Gasteiger partial charge in [0.1, 0.15) is 12.7 Å². The summed E-state index contributed by atoms with van der Waals surface area (Å²) in [7, 11) is 0. The van der Waals surface area contributed by atoms with E-state index in [1.54, 1.807) is 0 Å². The standard InChI is InChI=1S/C16H20O4/c1-2-19-15-10-13(8-9-14(15)17)16(18)20-11-12-6-4-3-5-7-12/h3-7,13,15H,2,8-11H2,1H3. The zero-order valence-corrected chi connectivity index (χ0v) is 11.7. The third-order valence-electron chi connectivity index (χ3n) is 3.52. The zero-order valence-electron chi connectivity index (χ0n) is 11.7. The molecule has 0 spiro atoms. The summed E-state index contributed by atoms with van der Waals surface area (Å²) in [5.41, 5.74) is 0.967. The molecule has 0 N–H and O–H groups in total. The third kappa shape index (κ3) is 3.90. The second kappa shape index (κ2) is 7.20. The first-order chi connectivity index (χ1) is 9.70. The molecule has 1 aliphatic rings. The summed E-state index contributed by atoms with van der Waals surface area (Å²) in [6, 6.07) is 9.58. The molecule has 0 aliphatic heterocycles. The van der Waals surface area contributed by atoms with Gasteiger partial charge in [0.05, 0.1) is 5.92 Å². The summed E-state index contributed by atoms with van der Waals surface area (Å²) in [5.74, 6) is -0.363. The Morgan fingerprint density at radius 3 is 2.75 bits per heavy atom. The van der Waals surface area contributed by atoms with Crippen molar-refractivity contribution in [2.45, 2.75) is 38.9 Å². The number of ether oxygens (including phenoxy) is 2. The maximum atomic E-state index is 12.0. The first kappa shape index (κ1) is 14.7. The number of hydrogen-bond donors (Lipinski definition) is 0. The number of rotatable bonds is 5. The van der Waals surface area contributed by atoms with Crippen molar-refractivity contribution >= 4 is 11.8 Å². The van der Waals surface area contributed by atoms with E-state index in [-0.39, 0.29) is 24.3 Å². The number of ketones is 1. The van der Waals surface area contributed by atoms with Crippen molar-refractivity contribution in [2.75, 3.05) is 6.61 Å². The summed E-state index contributed by atoms with van der Waals surface area (Å²) >= 11 is 0. The highest BCUT2D eigenvalue weighted by atomic mass is 16.5. The quantitative estimate of drug-likeness (QED) is 0.775. The topological polar surface area (TPSA) is 52.6 Å². The number of benzene rings is 1. The summed E-state index contributed by atoms with van der Waals surface area (Å²) in [6.07, 6.45) is 0.967. The molecule has 1 aromatic carbocycles. The van der Waals surface area contributed by atoms with Crippen molar-refractivity contribution in [3.8, 4) is 0 Å². The molecule has 1 fully saturated rings. The Hall–Kier alpha value is -1.68. The van der Waals surface area contributed by atoms with Crippen molar-refractivity contribution in [3.05, 3.63) is 35.9 Å². The Morgan fingerprint density at radius 1 is 1.30 bits per heavy atom. The van der Waals surface area contributed by atoms with Crippen LogP contribution in [0.5, 0.6) is 0 Å². The van der Waals surface area contributed by atoms with Crippen LogP contribution in [0.3, 0.4) is 0 Å². The number of carbonyl (C=O) groups excluding carboxylic acids is 2. The highest BCUT2D eigenvalue weighted by Crippen LogP contribution is 2.25. The zero-order chi connectivity index (χ0) is 14.4. The minimum Gasteiger partial charge on any atom is -0.461 e. The molecule has 1 saturated carbocycles. The van der Waals surface area contributed by atoms with Crippen LogP contribution in [0.2, 0.25) is 0 Å². The number of Topliss-reactive ketones (excluding diaryl/α,β-unsaturated/α-hetero) is 1. The lowest BCUT2D eigenvalue weighted by Crippen LogP contribution is -2.35.